The molecule has 0 spiro atoms. The topological polar surface area (TPSA) is 78.7 Å². The monoisotopic (exact) mass is 305 g/mol. The van der Waals surface area contributed by atoms with E-state index in [-0.39, 0.29) is 27.4 Å². The molecule has 2 rings (SSSR count). The number of carbonyl (C=O) groups excluding carboxylic acids is 1. The predicted molar refractivity (Wildman–Crippen MR) is 67.8 cm³/mol. The van der Waals surface area contributed by atoms with Crippen LogP contribution in [0, 0.1) is 10.1 Å². The fraction of sp³-hybridized carbons (Fsp3) is 0.364. The van der Waals surface area contributed by atoms with Gasteiger partial charge in [0.25, 0.3) is 5.69 Å². The zero-order valence-electron chi connectivity index (χ0n) is 9.60. The van der Waals surface area contributed by atoms with Crippen LogP contribution in [0.1, 0.15) is 16.8 Å². The van der Waals surface area contributed by atoms with E-state index in [1.54, 1.807) is 0 Å². The quantitative estimate of drug-likeness (QED) is 0.487. The highest BCUT2D eigenvalue weighted by atomic mass is 35.5. The molecule has 1 saturated heterocycles. The zero-order chi connectivity index (χ0) is 14.0. The standard InChI is InChI=1S/C11H9Cl2NO5/c12-9-4-6(14(16)17)3-8(10(9)13)11(15)19-7-1-2-18-5-7/h3-4,7H,1-2,5H2. The summed E-state index contributed by atoms with van der Waals surface area (Å²) < 4.78 is 10.2. The van der Waals surface area contributed by atoms with Gasteiger partial charge in [0.1, 0.15) is 6.10 Å². The minimum atomic E-state index is -0.744. The second kappa shape index (κ2) is 5.73. The van der Waals surface area contributed by atoms with E-state index in [2.05, 4.69) is 0 Å². The fourth-order valence-electron chi connectivity index (χ4n) is 1.65. The lowest BCUT2D eigenvalue weighted by atomic mass is 10.2. The average molecular weight is 306 g/mol. The molecule has 0 bridgehead atoms. The average Bonchev–Trinajstić information content (AvgIpc) is 2.84. The van der Waals surface area contributed by atoms with Crippen LogP contribution < -0.4 is 0 Å². The van der Waals surface area contributed by atoms with E-state index in [0.29, 0.717) is 19.6 Å². The van der Waals surface area contributed by atoms with Gasteiger partial charge in [-0.15, -0.1) is 0 Å². The van der Waals surface area contributed by atoms with E-state index in [1.807, 2.05) is 0 Å². The highest BCUT2D eigenvalue weighted by Crippen LogP contribution is 2.31. The summed E-state index contributed by atoms with van der Waals surface area (Å²) in [6.07, 6.45) is 0.230. The Morgan fingerprint density at radius 3 is 2.79 bits per heavy atom. The third-order valence-electron chi connectivity index (χ3n) is 2.61. The number of benzene rings is 1. The maximum absolute atomic E-state index is 11.9. The molecule has 1 aliphatic rings. The van der Waals surface area contributed by atoms with Crippen molar-refractivity contribution in [2.24, 2.45) is 0 Å². The lowest BCUT2D eigenvalue weighted by molar-refractivity contribution is -0.384. The molecule has 0 N–H and O–H groups in total. The lowest BCUT2D eigenvalue weighted by Crippen LogP contribution is -2.18. The number of halogens is 2. The number of ether oxygens (including phenoxy) is 2. The first-order valence-corrected chi connectivity index (χ1v) is 6.17. The summed E-state index contributed by atoms with van der Waals surface area (Å²) in [5.74, 6) is -0.744. The number of nitro groups is 1. The molecular weight excluding hydrogens is 297 g/mol. The predicted octanol–water partition coefficient (Wildman–Crippen LogP) is 2.85. The van der Waals surface area contributed by atoms with Gasteiger partial charge in [0.2, 0.25) is 0 Å². The number of non-ortho nitro benzene ring substituents is 1. The smallest absolute Gasteiger partial charge is 0.340 e. The molecule has 0 amide bonds. The summed E-state index contributed by atoms with van der Waals surface area (Å²) in [6.45, 7) is 0.827. The van der Waals surface area contributed by atoms with Crippen molar-refractivity contribution in [3.05, 3.63) is 37.9 Å². The Bertz CT molecular complexity index is 528. The fourth-order valence-corrected chi connectivity index (χ4v) is 2.05. The Morgan fingerprint density at radius 2 is 2.21 bits per heavy atom. The van der Waals surface area contributed by atoms with Gasteiger partial charge in [-0.25, -0.2) is 4.79 Å². The van der Waals surface area contributed by atoms with Crippen molar-refractivity contribution >= 4 is 34.9 Å². The van der Waals surface area contributed by atoms with Crippen molar-refractivity contribution in [1.29, 1.82) is 0 Å². The summed E-state index contributed by atoms with van der Waals surface area (Å²) in [5.41, 5.74) is -0.434. The molecule has 1 aliphatic heterocycles. The van der Waals surface area contributed by atoms with Crippen LogP contribution in [0.25, 0.3) is 0 Å². The van der Waals surface area contributed by atoms with Crippen molar-refractivity contribution in [2.45, 2.75) is 12.5 Å². The summed E-state index contributed by atoms with van der Waals surface area (Å²) in [4.78, 5) is 22.0. The molecule has 0 aromatic heterocycles. The highest BCUT2D eigenvalue weighted by Gasteiger charge is 2.25. The minimum absolute atomic E-state index is 0.0591. The van der Waals surface area contributed by atoms with Crippen LogP contribution in [0.3, 0.4) is 0 Å². The first-order valence-electron chi connectivity index (χ1n) is 5.41. The molecule has 1 heterocycles. The Balaban J connectivity index is 2.26. The van der Waals surface area contributed by atoms with Gasteiger partial charge in [-0.05, 0) is 0 Å². The third-order valence-corrected chi connectivity index (χ3v) is 3.41. The van der Waals surface area contributed by atoms with Crippen LogP contribution in [-0.4, -0.2) is 30.2 Å². The van der Waals surface area contributed by atoms with E-state index in [9.17, 15) is 14.9 Å². The molecule has 1 aromatic rings. The molecule has 102 valence electrons. The molecule has 0 saturated carbocycles. The minimum Gasteiger partial charge on any atom is -0.456 e. The van der Waals surface area contributed by atoms with Gasteiger partial charge in [0.15, 0.2) is 0 Å². The van der Waals surface area contributed by atoms with E-state index >= 15 is 0 Å². The zero-order valence-corrected chi connectivity index (χ0v) is 11.1. The van der Waals surface area contributed by atoms with Crippen LogP contribution in [0.15, 0.2) is 12.1 Å². The summed E-state index contributed by atoms with van der Waals surface area (Å²) in [7, 11) is 0. The van der Waals surface area contributed by atoms with Crippen LogP contribution >= 0.6 is 23.2 Å². The van der Waals surface area contributed by atoms with E-state index < -0.39 is 10.9 Å². The van der Waals surface area contributed by atoms with Gasteiger partial charge >= 0.3 is 5.97 Å². The lowest BCUT2D eigenvalue weighted by Gasteiger charge is -2.11. The normalized spacial score (nSPS) is 18.3. The van der Waals surface area contributed by atoms with Crippen LogP contribution in [0.4, 0.5) is 5.69 Å². The maximum Gasteiger partial charge on any atom is 0.340 e. The number of carbonyl (C=O) groups is 1. The number of hydrogen-bond acceptors (Lipinski definition) is 5. The maximum atomic E-state index is 11.9. The summed E-state index contributed by atoms with van der Waals surface area (Å²) in [6, 6.07) is 2.13. The Morgan fingerprint density at radius 1 is 1.47 bits per heavy atom. The van der Waals surface area contributed by atoms with Gasteiger partial charge in [0, 0.05) is 18.6 Å². The van der Waals surface area contributed by atoms with Crippen LogP contribution in [-0.2, 0) is 9.47 Å². The molecule has 1 atom stereocenters. The Hall–Kier alpha value is -1.37. The molecule has 1 aromatic carbocycles. The number of hydrogen-bond donors (Lipinski definition) is 0. The van der Waals surface area contributed by atoms with Crippen molar-refractivity contribution in [3.63, 3.8) is 0 Å². The molecule has 1 unspecified atom stereocenters. The van der Waals surface area contributed by atoms with Crippen LogP contribution in [0.5, 0.6) is 0 Å². The molecule has 8 heteroatoms. The van der Waals surface area contributed by atoms with Crippen molar-refractivity contribution < 1.29 is 19.2 Å². The Labute approximate surface area is 118 Å². The second-order valence-corrected chi connectivity index (χ2v) is 4.72. The third kappa shape index (κ3) is 3.15. The van der Waals surface area contributed by atoms with E-state index in [1.165, 1.54) is 0 Å². The Kier molecular flexibility index (Phi) is 4.24. The van der Waals surface area contributed by atoms with Gasteiger partial charge in [-0.1, -0.05) is 23.2 Å². The van der Waals surface area contributed by atoms with Crippen molar-refractivity contribution in [2.75, 3.05) is 13.2 Å². The number of nitrogens with zero attached hydrogens (tertiary/aromatic N) is 1. The highest BCUT2D eigenvalue weighted by molar-refractivity contribution is 6.43. The van der Waals surface area contributed by atoms with Crippen molar-refractivity contribution in [1.82, 2.24) is 0 Å². The molecule has 0 radical (unpaired) electrons. The van der Waals surface area contributed by atoms with Gasteiger partial charge < -0.3 is 9.47 Å². The number of rotatable bonds is 3. The van der Waals surface area contributed by atoms with Crippen LogP contribution in [0.2, 0.25) is 10.0 Å². The SMILES string of the molecule is O=C(OC1CCOC1)c1cc([N+](=O)[O-])cc(Cl)c1Cl. The van der Waals surface area contributed by atoms with E-state index in [4.69, 9.17) is 32.7 Å². The van der Waals surface area contributed by atoms with Gasteiger partial charge in [0.05, 0.1) is 33.7 Å². The summed E-state index contributed by atoms with van der Waals surface area (Å²) >= 11 is 11.6. The summed E-state index contributed by atoms with van der Waals surface area (Å²) in [5, 5.41) is 10.6. The van der Waals surface area contributed by atoms with Crippen molar-refractivity contribution in [3.8, 4) is 0 Å². The number of esters is 1. The first kappa shape index (κ1) is 14.0. The molecule has 0 aliphatic carbocycles. The van der Waals surface area contributed by atoms with Gasteiger partial charge in [-0.3, -0.25) is 10.1 Å². The number of nitro benzene ring substituents is 1. The molecule has 1 fully saturated rings. The molecular formula is C11H9Cl2NO5. The molecule has 6 nitrogen and oxygen atoms in total. The van der Waals surface area contributed by atoms with E-state index in [0.717, 1.165) is 12.1 Å². The largest absolute Gasteiger partial charge is 0.456 e. The first-order chi connectivity index (χ1) is 8.99. The van der Waals surface area contributed by atoms with Gasteiger partial charge in [-0.2, -0.15) is 0 Å². The molecule has 19 heavy (non-hydrogen) atoms. The second-order valence-electron chi connectivity index (χ2n) is 3.94.